The van der Waals surface area contributed by atoms with Crippen LogP contribution in [0.3, 0.4) is 0 Å². The van der Waals surface area contributed by atoms with E-state index in [9.17, 15) is 9.59 Å². The van der Waals surface area contributed by atoms with E-state index in [4.69, 9.17) is 9.84 Å². The van der Waals surface area contributed by atoms with Gasteiger partial charge in [0.15, 0.2) is 0 Å². The molecule has 0 unspecified atom stereocenters. The second-order valence-electron chi connectivity index (χ2n) is 2.79. The summed E-state index contributed by atoms with van der Waals surface area (Å²) in [6, 6.07) is -0.375. The molecule has 5 heteroatoms. The third kappa shape index (κ3) is 1.94. The van der Waals surface area contributed by atoms with E-state index in [2.05, 4.69) is 5.32 Å². The number of carboxylic acid groups (broad SMARTS) is 1. The number of hydrogen-bond acceptors (Lipinski definition) is 3. The number of carbonyl (C=O) groups is 2. The van der Waals surface area contributed by atoms with Gasteiger partial charge in [-0.1, -0.05) is 0 Å². The molecule has 0 spiro atoms. The SMILES string of the molecule is CC(=O)N[C@@H]1COC[C@@H]1C(=O)O. The maximum atomic E-state index is 10.6. The van der Waals surface area contributed by atoms with Gasteiger partial charge in [0.05, 0.1) is 19.3 Å². The van der Waals surface area contributed by atoms with E-state index in [-0.39, 0.29) is 25.2 Å². The zero-order valence-corrected chi connectivity index (χ0v) is 6.74. The first kappa shape index (κ1) is 8.99. The van der Waals surface area contributed by atoms with Crippen molar-refractivity contribution >= 4 is 11.9 Å². The van der Waals surface area contributed by atoms with Crippen LogP contribution in [0, 0.1) is 5.92 Å². The molecular weight excluding hydrogens is 162 g/mol. The second kappa shape index (κ2) is 3.53. The highest BCUT2D eigenvalue weighted by molar-refractivity contribution is 5.76. The van der Waals surface area contributed by atoms with E-state index in [0.717, 1.165) is 0 Å². The summed E-state index contributed by atoms with van der Waals surface area (Å²) < 4.78 is 4.94. The maximum Gasteiger partial charge on any atom is 0.311 e. The van der Waals surface area contributed by atoms with Crippen molar-refractivity contribution in [3.05, 3.63) is 0 Å². The molecule has 2 atom stereocenters. The predicted molar refractivity (Wildman–Crippen MR) is 39.5 cm³/mol. The number of rotatable bonds is 2. The summed E-state index contributed by atoms with van der Waals surface area (Å²) in [7, 11) is 0. The summed E-state index contributed by atoms with van der Waals surface area (Å²) in [6.07, 6.45) is 0. The third-order valence-corrected chi connectivity index (χ3v) is 1.79. The summed E-state index contributed by atoms with van der Waals surface area (Å²) in [5.41, 5.74) is 0. The highest BCUT2D eigenvalue weighted by Crippen LogP contribution is 2.13. The molecule has 0 aromatic carbocycles. The van der Waals surface area contributed by atoms with Gasteiger partial charge in [-0.15, -0.1) is 0 Å². The van der Waals surface area contributed by atoms with Crippen LogP contribution in [-0.2, 0) is 14.3 Å². The molecule has 1 rings (SSSR count). The first-order valence-corrected chi connectivity index (χ1v) is 3.69. The molecule has 1 aliphatic heterocycles. The number of aliphatic carboxylic acids is 1. The number of ether oxygens (including phenoxy) is 1. The lowest BCUT2D eigenvalue weighted by Gasteiger charge is -2.13. The van der Waals surface area contributed by atoms with Crippen LogP contribution in [0.2, 0.25) is 0 Å². The summed E-state index contributed by atoms with van der Waals surface area (Å²) in [4.78, 5) is 21.2. The zero-order valence-electron chi connectivity index (χ0n) is 6.74. The van der Waals surface area contributed by atoms with E-state index in [1.165, 1.54) is 6.92 Å². The molecule has 0 aliphatic carbocycles. The average molecular weight is 173 g/mol. The topological polar surface area (TPSA) is 75.6 Å². The number of carboxylic acids is 1. The first-order chi connectivity index (χ1) is 5.61. The molecule has 68 valence electrons. The molecule has 1 saturated heterocycles. The number of hydrogen-bond donors (Lipinski definition) is 2. The summed E-state index contributed by atoms with van der Waals surface area (Å²) in [5, 5.41) is 11.2. The highest BCUT2D eigenvalue weighted by Gasteiger charge is 2.34. The minimum absolute atomic E-state index is 0.181. The summed E-state index contributed by atoms with van der Waals surface area (Å²) in [5.74, 6) is -1.75. The van der Waals surface area contributed by atoms with E-state index < -0.39 is 11.9 Å². The van der Waals surface area contributed by atoms with Gasteiger partial charge in [-0.25, -0.2) is 0 Å². The lowest BCUT2D eigenvalue weighted by Crippen LogP contribution is -2.41. The lowest BCUT2D eigenvalue weighted by atomic mass is 10.0. The van der Waals surface area contributed by atoms with Gasteiger partial charge in [0.1, 0.15) is 5.92 Å². The van der Waals surface area contributed by atoms with Crippen molar-refractivity contribution < 1.29 is 19.4 Å². The van der Waals surface area contributed by atoms with Crippen molar-refractivity contribution in [1.82, 2.24) is 5.32 Å². The average Bonchev–Trinajstić information content (AvgIpc) is 2.33. The van der Waals surface area contributed by atoms with E-state index in [1.54, 1.807) is 0 Å². The molecule has 0 bridgehead atoms. The van der Waals surface area contributed by atoms with Crippen molar-refractivity contribution in [1.29, 1.82) is 0 Å². The van der Waals surface area contributed by atoms with Crippen LogP contribution in [0.5, 0.6) is 0 Å². The molecule has 1 heterocycles. The van der Waals surface area contributed by atoms with Crippen molar-refractivity contribution in [3.8, 4) is 0 Å². The van der Waals surface area contributed by atoms with E-state index >= 15 is 0 Å². The largest absolute Gasteiger partial charge is 0.481 e. The Hall–Kier alpha value is -1.10. The van der Waals surface area contributed by atoms with Crippen LogP contribution in [0.4, 0.5) is 0 Å². The first-order valence-electron chi connectivity index (χ1n) is 3.69. The monoisotopic (exact) mass is 173 g/mol. The van der Waals surface area contributed by atoms with Gasteiger partial charge in [-0.05, 0) is 0 Å². The molecule has 0 aromatic heterocycles. The molecule has 1 amide bonds. The van der Waals surface area contributed by atoms with Gasteiger partial charge in [-0.3, -0.25) is 9.59 Å². The zero-order chi connectivity index (χ0) is 9.14. The minimum Gasteiger partial charge on any atom is -0.481 e. The number of nitrogens with one attached hydrogen (secondary N) is 1. The molecule has 0 aromatic rings. The Bertz CT molecular complexity index is 204. The molecule has 12 heavy (non-hydrogen) atoms. The number of amides is 1. The maximum absolute atomic E-state index is 10.6. The van der Waals surface area contributed by atoms with Crippen LogP contribution >= 0.6 is 0 Å². The second-order valence-corrected chi connectivity index (χ2v) is 2.79. The highest BCUT2D eigenvalue weighted by atomic mass is 16.5. The Kier molecular flexibility index (Phi) is 2.65. The molecular formula is C7H11NO4. The van der Waals surface area contributed by atoms with Crippen molar-refractivity contribution in [2.45, 2.75) is 13.0 Å². The Morgan fingerprint density at radius 3 is 2.67 bits per heavy atom. The van der Waals surface area contributed by atoms with Gasteiger partial charge in [0.2, 0.25) is 5.91 Å². The molecule has 2 N–H and O–H groups in total. The number of carbonyl (C=O) groups excluding carboxylic acids is 1. The van der Waals surface area contributed by atoms with Crippen LogP contribution in [0.1, 0.15) is 6.92 Å². The van der Waals surface area contributed by atoms with Crippen molar-refractivity contribution in [2.75, 3.05) is 13.2 Å². The molecule has 5 nitrogen and oxygen atoms in total. The van der Waals surface area contributed by atoms with E-state index in [1.807, 2.05) is 0 Å². The Balaban J connectivity index is 2.52. The normalized spacial score (nSPS) is 28.4. The standard InChI is InChI=1S/C7H11NO4/c1-4(9)8-6-3-12-2-5(6)7(10)11/h5-6H,2-3H2,1H3,(H,8,9)(H,10,11)/t5-,6+/m0/s1. The molecule has 1 fully saturated rings. The van der Waals surface area contributed by atoms with Crippen molar-refractivity contribution in [2.24, 2.45) is 5.92 Å². The minimum atomic E-state index is -0.925. The quantitative estimate of drug-likeness (QED) is 0.574. The van der Waals surface area contributed by atoms with Crippen LogP contribution in [-0.4, -0.2) is 36.2 Å². The molecule has 0 radical (unpaired) electrons. The lowest BCUT2D eigenvalue weighted by molar-refractivity contribution is -0.142. The van der Waals surface area contributed by atoms with E-state index in [0.29, 0.717) is 0 Å². The Labute approximate surface area is 69.7 Å². The van der Waals surface area contributed by atoms with Gasteiger partial charge >= 0.3 is 5.97 Å². The van der Waals surface area contributed by atoms with Crippen LogP contribution in [0.25, 0.3) is 0 Å². The fraction of sp³-hybridized carbons (Fsp3) is 0.714. The van der Waals surface area contributed by atoms with Crippen LogP contribution < -0.4 is 5.32 Å². The van der Waals surface area contributed by atoms with Crippen LogP contribution in [0.15, 0.2) is 0 Å². The van der Waals surface area contributed by atoms with Crippen molar-refractivity contribution in [3.63, 3.8) is 0 Å². The summed E-state index contributed by atoms with van der Waals surface area (Å²) in [6.45, 7) is 1.83. The fourth-order valence-corrected chi connectivity index (χ4v) is 1.20. The summed E-state index contributed by atoms with van der Waals surface area (Å²) >= 11 is 0. The van der Waals surface area contributed by atoms with Gasteiger partial charge < -0.3 is 15.2 Å². The molecule has 0 saturated carbocycles. The smallest absolute Gasteiger partial charge is 0.311 e. The Morgan fingerprint density at radius 2 is 2.17 bits per heavy atom. The fourth-order valence-electron chi connectivity index (χ4n) is 1.20. The third-order valence-electron chi connectivity index (χ3n) is 1.79. The predicted octanol–water partition coefficient (Wildman–Crippen LogP) is -0.778. The van der Waals surface area contributed by atoms with Gasteiger partial charge in [0, 0.05) is 6.92 Å². The van der Waals surface area contributed by atoms with Gasteiger partial charge in [-0.2, -0.15) is 0 Å². The Morgan fingerprint density at radius 1 is 1.50 bits per heavy atom. The molecule has 1 aliphatic rings. The van der Waals surface area contributed by atoms with Gasteiger partial charge in [0.25, 0.3) is 0 Å².